The van der Waals surface area contributed by atoms with Crippen molar-refractivity contribution in [3.8, 4) is 0 Å². The lowest BCUT2D eigenvalue weighted by molar-refractivity contribution is 1.09. The van der Waals surface area contributed by atoms with Crippen LogP contribution in [0.15, 0.2) is 6.08 Å². The summed E-state index contributed by atoms with van der Waals surface area (Å²) in [6.07, 6.45) is 4.98. The van der Waals surface area contributed by atoms with Crippen molar-refractivity contribution in [2.75, 3.05) is 0 Å². The zero-order valence-corrected chi connectivity index (χ0v) is 10.8. The van der Waals surface area contributed by atoms with Gasteiger partial charge in [0, 0.05) is 17.8 Å². The second-order valence-electron chi connectivity index (χ2n) is 4.33. The van der Waals surface area contributed by atoms with Gasteiger partial charge in [-0.25, -0.2) is 9.97 Å². The highest BCUT2D eigenvalue weighted by Crippen LogP contribution is 2.09. The summed E-state index contributed by atoms with van der Waals surface area (Å²) in [6, 6.07) is 0. The van der Waals surface area contributed by atoms with Crippen LogP contribution in [0.1, 0.15) is 34.4 Å². The number of aromatic nitrogens is 4. The molecule has 2 heterocycles. The predicted molar refractivity (Wildman–Crippen MR) is 68.9 cm³/mol. The lowest BCUT2D eigenvalue weighted by Gasteiger charge is -1.91. The van der Waals surface area contributed by atoms with Crippen molar-refractivity contribution in [2.24, 2.45) is 0 Å². The Bertz CT molecular complexity index is 546. The van der Waals surface area contributed by atoms with Gasteiger partial charge in [-0.2, -0.15) is 0 Å². The van der Waals surface area contributed by atoms with E-state index in [-0.39, 0.29) is 0 Å². The zero-order chi connectivity index (χ0) is 12.4. The van der Waals surface area contributed by atoms with E-state index >= 15 is 0 Å². The Morgan fingerprint density at radius 1 is 0.941 bits per heavy atom. The number of nitrogens with one attached hydrogen (secondary N) is 2. The minimum Gasteiger partial charge on any atom is -0.346 e. The van der Waals surface area contributed by atoms with Gasteiger partial charge in [-0.1, -0.05) is 6.08 Å². The molecule has 0 fully saturated rings. The van der Waals surface area contributed by atoms with Crippen molar-refractivity contribution in [2.45, 2.75) is 34.1 Å². The molecular weight excluding hydrogens is 212 g/mol. The minimum absolute atomic E-state index is 0.835. The van der Waals surface area contributed by atoms with E-state index in [4.69, 9.17) is 0 Å². The number of rotatable bonds is 3. The van der Waals surface area contributed by atoms with Gasteiger partial charge >= 0.3 is 0 Å². The van der Waals surface area contributed by atoms with Crippen molar-refractivity contribution in [1.82, 2.24) is 19.9 Å². The molecule has 0 radical (unpaired) electrons. The fourth-order valence-electron chi connectivity index (χ4n) is 1.93. The molecule has 2 aromatic heterocycles. The Kier molecular flexibility index (Phi) is 3.13. The third-order valence-corrected chi connectivity index (χ3v) is 2.73. The van der Waals surface area contributed by atoms with Crippen molar-refractivity contribution >= 4 is 6.08 Å². The second-order valence-corrected chi connectivity index (χ2v) is 4.33. The molecule has 90 valence electrons. The Balaban J connectivity index is 2.07. The van der Waals surface area contributed by atoms with E-state index in [0.717, 1.165) is 40.8 Å². The van der Waals surface area contributed by atoms with Crippen LogP contribution in [0, 0.1) is 27.7 Å². The molecule has 0 spiro atoms. The van der Waals surface area contributed by atoms with Gasteiger partial charge < -0.3 is 9.97 Å². The summed E-state index contributed by atoms with van der Waals surface area (Å²) in [6.45, 7) is 8.02. The fraction of sp³-hybridized carbons (Fsp3) is 0.385. The molecule has 0 saturated heterocycles. The zero-order valence-electron chi connectivity index (χ0n) is 10.8. The molecule has 4 heteroatoms. The molecule has 0 amide bonds. The van der Waals surface area contributed by atoms with Gasteiger partial charge in [0.15, 0.2) is 0 Å². The molecule has 2 N–H and O–H groups in total. The van der Waals surface area contributed by atoms with E-state index in [1.165, 1.54) is 0 Å². The second kappa shape index (κ2) is 4.57. The molecular formula is C13H18N4. The smallest absolute Gasteiger partial charge is 0.103 e. The molecule has 0 atom stereocenters. The summed E-state index contributed by atoms with van der Waals surface area (Å²) in [5.74, 6) is 1.92. The number of imidazole rings is 2. The largest absolute Gasteiger partial charge is 0.346 e. The number of allylic oxidation sites excluding steroid dienone is 1. The number of nitrogens with zero attached hydrogens (tertiary/aromatic N) is 2. The van der Waals surface area contributed by atoms with E-state index in [1.807, 2.05) is 33.8 Å². The number of aryl methyl sites for hydroxylation is 4. The molecule has 0 unspecified atom stereocenters. The maximum absolute atomic E-state index is 4.43. The molecule has 4 nitrogen and oxygen atoms in total. The van der Waals surface area contributed by atoms with Crippen LogP contribution in [-0.2, 0) is 6.42 Å². The van der Waals surface area contributed by atoms with Crippen molar-refractivity contribution in [1.29, 1.82) is 0 Å². The molecule has 2 aromatic rings. The quantitative estimate of drug-likeness (QED) is 0.851. The molecule has 0 bridgehead atoms. The maximum Gasteiger partial charge on any atom is 0.103 e. The maximum atomic E-state index is 4.43. The summed E-state index contributed by atoms with van der Waals surface area (Å²) in [5.41, 5.74) is 4.35. The highest BCUT2D eigenvalue weighted by molar-refractivity contribution is 5.48. The van der Waals surface area contributed by atoms with Crippen LogP contribution >= 0.6 is 0 Å². The first-order chi connectivity index (χ1) is 8.06. The van der Waals surface area contributed by atoms with Gasteiger partial charge in [0.25, 0.3) is 0 Å². The standard InChI is InChI=1S/C13H18N4/c1-8-12(16-10(3)14-8)6-5-7-13-9(2)15-11(4)17-13/h5-6H,7H2,1-4H3,(H,14,16)(H,15,17). The van der Waals surface area contributed by atoms with Gasteiger partial charge in [-0.15, -0.1) is 0 Å². The normalized spacial score (nSPS) is 11.5. The number of hydrogen-bond acceptors (Lipinski definition) is 2. The highest BCUT2D eigenvalue weighted by Gasteiger charge is 2.02. The third kappa shape index (κ3) is 2.64. The highest BCUT2D eigenvalue weighted by atomic mass is 14.9. The van der Waals surface area contributed by atoms with Gasteiger partial charge in [-0.05, 0) is 33.8 Å². The summed E-state index contributed by atoms with van der Waals surface area (Å²) >= 11 is 0. The topological polar surface area (TPSA) is 57.4 Å². The van der Waals surface area contributed by atoms with E-state index < -0.39 is 0 Å². The van der Waals surface area contributed by atoms with Gasteiger partial charge in [0.2, 0.25) is 0 Å². The van der Waals surface area contributed by atoms with Gasteiger partial charge in [0.1, 0.15) is 11.6 Å². The van der Waals surface area contributed by atoms with E-state index in [9.17, 15) is 0 Å². The molecule has 0 saturated carbocycles. The van der Waals surface area contributed by atoms with Crippen LogP contribution < -0.4 is 0 Å². The molecule has 0 aromatic carbocycles. The first-order valence-corrected chi connectivity index (χ1v) is 5.78. The van der Waals surface area contributed by atoms with Crippen LogP contribution in [-0.4, -0.2) is 19.9 Å². The predicted octanol–water partition coefficient (Wildman–Crippen LogP) is 2.62. The van der Waals surface area contributed by atoms with Crippen LogP contribution in [0.3, 0.4) is 0 Å². The van der Waals surface area contributed by atoms with Gasteiger partial charge in [0.05, 0.1) is 11.4 Å². The van der Waals surface area contributed by atoms with E-state index in [0.29, 0.717) is 0 Å². The van der Waals surface area contributed by atoms with Crippen molar-refractivity contribution < 1.29 is 0 Å². The average Bonchev–Trinajstić information content (AvgIpc) is 2.71. The Morgan fingerprint density at radius 2 is 1.59 bits per heavy atom. The lowest BCUT2D eigenvalue weighted by Crippen LogP contribution is -1.85. The lowest BCUT2D eigenvalue weighted by atomic mass is 10.2. The monoisotopic (exact) mass is 230 g/mol. The Hall–Kier alpha value is -1.84. The van der Waals surface area contributed by atoms with Crippen molar-refractivity contribution in [3.05, 3.63) is 40.5 Å². The third-order valence-electron chi connectivity index (χ3n) is 2.73. The van der Waals surface area contributed by atoms with Crippen LogP contribution in [0.4, 0.5) is 0 Å². The Labute approximate surface area is 101 Å². The summed E-state index contributed by atoms with van der Waals surface area (Å²) in [4.78, 5) is 15.2. The van der Waals surface area contributed by atoms with Crippen LogP contribution in [0.5, 0.6) is 0 Å². The first kappa shape index (κ1) is 11.6. The van der Waals surface area contributed by atoms with Crippen molar-refractivity contribution in [3.63, 3.8) is 0 Å². The molecule has 0 aliphatic rings. The van der Waals surface area contributed by atoms with Gasteiger partial charge in [-0.3, -0.25) is 0 Å². The molecule has 0 aliphatic heterocycles. The van der Waals surface area contributed by atoms with E-state index in [2.05, 4.69) is 26.0 Å². The summed E-state index contributed by atoms with van der Waals surface area (Å²) in [7, 11) is 0. The first-order valence-electron chi connectivity index (χ1n) is 5.78. The SMILES string of the molecule is Cc1nc(C=CCc2nc(C)[nH]c2C)c(C)[nH]1. The molecule has 2 rings (SSSR count). The van der Waals surface area contributed by atoms with Crippen LogP contribution in [0.2, 0.25) is 0 Å². The number of aromatic amines is 2. The number of hydrogen-bond donors (Lipinski definition) is 2. The minimum atomic E-state index is 0.835. The summed E-state index contributed by atoms with van der Waals surface area (Å²) < 4.78 is 0. The molecule has 17 heavy (non-hydrogen) atoms. The Morgan fingerprint density at radius 3 is 2.12 bits per heavy atom. The number of H-pyrrole nitrogens is 2. The summed E-state index contributed by atoms with van der Waals surface area (Å²) in [5, 5.41) is 0. The average molecular weight is 230 g/mol. The van der Waals surface area contributed by atoms with E-state index in [1.54, 1.807) is 0 Å². The van der Waals surface area contributed by atoms with Crippen LogP contribution in [0.25, 0.3) is 6.08 Å². The fourth-order valence-corrected chi connectivity index (χ4v) is 1.93. The molecule has 0 aliphatic carbocycles.